The third-order valence-corrected chi connectivity index (χ3v) is 2.18. The molecule has 0 aliphatic rings. The third-order valence-electron chi connectivity index (χ3n) is 2.18. The fourth-order valence-corrected chi connectivity index (χ4v) is 1.51. The van der Waals surface area contributed by atoms with Crippen molar-refractivity contribution in [2.24, 2.45) is 0 Å². The molecule has 0 spiro atoms. The van der Waals surface area contributed by atoms with Gasteiger partial charge >= 0.3 is 0 Å². The molecule has 0 saturated carbocycles. The van der Waals surface area contributed by atoms with Gasteiger partial charge in [-0.25, -0.2) is 14.1 Å². The average molecular weight is 231 g/mol. The molecule has 2 rings (SSSR count). The summed E-state index contributed by atoms with van der Waals surface area (Å²) < 4.78 is 14.7. The number of halogens is 1. The van der Waals surface area contributed by atoms with E-state index in [1.165, 1.54) is 23.1 Å². The van der Waals surface area contributed by atoms with Crippen LogP contribution in [-0.2, 0) is 6.54 Å². The molecule has 5 nitrogen and oxygen atoms in total. The van der Waals surface area contributed by atoms with Gasteiger partial charge in [0.05, 0.1) is 5.69 Å². The van der Waals surface area contributed by atoms with E-state index in [4.69, 9.17) is 5.26 Å². The van der Waals surface area contributed by atoms with Crippen molar-refractivity contribution in [2.45, 2.75) is 6.54 Å². The van der Waals surface area contributed by atoms with Crippen LogP contribution in [0.25, 0.3) is 5.69 Å². The molecule has 86 valence electrons. The third kappa shape index (κ3) is 2.46. The zero-order chi connectivity index (χ0) is 12.3. The minimum atomic E-state index is -0.346. The molecule has 0 bridgehead atoms. The maximum Gasteiger partial charge on any atom is 0.252 e. The molecule has 17 heavy (non-hydrogen) atoms. The Kier molecular flexibility index (Phi) is 3.12. The molecule has 1 N–H and O–H groups in total. The van der Waals surface area contributed by atoms with Crippen molar-refractivity contribution in [3.05, 3.63) is 41.7 Å². The van der Waals surface area contributed by atoms with E-state index in [9.17, 15) is 4.39 Å². The van der Waals surface area contributed by atoms with E-state index >= 15 is 0 Å². The maximum absolute atomic E-state index is 13.4. The van der Waals surface area contributed by atoms with E-state index in [1.807, 2.05) is 6.07 Å². The Labute approximate surface area is 97.5 Å². The Hall–Kier alpha value is -2.26. The number of rotatable bonds is 3. The molecular weight excluding hydrogens is 221 g/mol. The van der Waals surface area contributed by atoms with E-state index in [2.05, 4.69) is 15.4 Å². The van der Waals surface area contributed by atoms with Gasteiger partial charge in [0.1, 0.15) is 18.2 Å². The molecule has 0 atom stereocenters. The molecule has 0 fully saturated rings. The summed E-state index contributed by atoms with van der Waals surface area (Å²) in [5, 5.41) is 15.5. The Morgan fingerprint density at radius 1 is 1.47 bits per heavy atom. The Balaban J connectivity index is 2.41. The van der Waals surface area contributed by atoms with E-state index in [1.54, 1.807) is 13.1 Å². The Morgan fingerprint density at radius 2 is 2.29 bits per heavy atom. The normalized spacial score (nSPS) is 10.2. The summed E-state index contributed by atoms with van der Waals surface area (Å²) in [7, 11) is 1.79. The topological polar surface area (TPSA) is 66.5 Å². The van der Waals surface area contributed by atoms with Crippen LogP contribution in [0.3, 0.4) is 0 Å². The second kappa shape index (κ2) is 4.72. The van der Waals surface area contributed by atoms with Crippen molar-refractivity contribution in [1.82, 2.24) is 20.1 Å². The highest BCUT2D eigenvalue weighted by Crippen LogP contribution is 2.12. The van der Waals surface area contributed by atoms with Gasteiger partial charge < -0.3 is 5.32 Å². The van der Waals surface area contributed by atoms with Gasteiger partial charge in [-0.2, -0.15) is 5.26 Å². The fourth-order valence-electron chi connectivity index (χ4n) is 1.51. The summed E-state index contributed by atoms with van der Waals surface area (Å²) in [5.74, 6) is -0.286. The second-order valence-corrected chi connectivity index (χ2v) is 3.47. The van der Waals surface area contributed by atoms with Gasteiger partial charge in [-0.05, 0) is 30.8 Å². The highest BCUT2D eigenvalue weighted by Gasteiger charge is 2.05. The molecule has 2 aromatic rings. The average Bonchev–Trinajstić information content (AvgIpc) is 2.77. The van der Waals surface area contributed by atoms with Crippen LogP contribution in [0.1, 0.15) is 11.4 Å². The molecule has 0 radical (unpaired) electrons. The molecule has 0 amide bonds. The summed E-state index contributed by atoms with van der Waals surface area (Å²) in [4.78, 5) is 3.77. The van der Waals surface area contributed by atoms with Gasteiger partial charge in [0, 0.05) is 6.54 Å². The number of nitriles is 1. The van der Waals surface area contributed by atoms with Crippen molar-refractivity contribution in [3.8, 4) is 11.8 Å². The highest BCUT2D eigenvalue weighted by molar-refractivity contribution is 5.36. The molecule has 0 unspecified atom stereocenters. The van der Waals surface area contributed by atoms with Gasteiger partial charge in [-0.3, -0.25) is 0 Å². The smallest absolute Gasteiger partial charge is 0.252 e. The number of nitrogens with one attached hydrogen (secondary N) is 1. The van der Waals surface area contributed by atoms with Crippen molar-refractivity contribution >= 4 is 0 Å². The lowest BCUT2D eigenvalue weighted by Gasteiger charge is -2.05. The maximum atomic E-state index is 13.4. The number of aromatic nitrogens is 3. The lowest BCUT2D eigenvalue weighted by atomic mass is 10.2. The van der Waals surface area contributed by atoms with E-state index in [0.717, 1.165) is 5.56 Å². The second-order valence-electron chi connectivity index (χ2n) is 3.47. The number of hydrogen-bond donors (Lipinski definition) is 1. The van der Waals surface area contributed by atoms with Gasteiger partial charge in [0.25, 0.3) is 5.82 Å². The lowest BCUT2D eigenvalue weighted by Crippen LogP contribution is -2.06. The van der Waals surface area contributed by atoms with Crippen LogP contribution in [0.2, 0.25) is 0 Å². The van der Waals surface area contributed by atoms with Crippen LogP contribution in [0.5, 0.6) is 0 Å². The van der Waals surface area contributed by atoms with Crippen LogP contribution >= 0.6 is 0 Å². The van der Waals surface area contributed by atoms with Crippen LogP contribution in [-0.4, -0.2) is 21.8 Å². The Bertz CT molecular complexity index is 569. The zero-order valence-electron chi connectivity index (χ0n) is 9.18. The molecule has 0 saturated heterocycles. The van der Waals surface area contributed by atoms with Crippen LogP contribution in [0.4, 0.5) is 4.39 Å². The Morgan fingerprint density at radius 3 is 2.94 bits per heavy atom. The van der Waals surface area contributed by atoms with Gasteiger partial charge in [0.2, 0.25) is 0 Å². The predicted octanol–water partition coefficient (Wildman–Crippen LogP) is 0.997. The summed E-state index contributed by atoms with van der Waals surface area (Å²) in [6.07, 6.45) is 1.39. The van der Waals surface area contributed by atoms with Gasteiger partial charge in [-0.15, -0.1) is 5.10 Å². The first-order valence-electron chi connectivity index (χ1n) is 4.99. The van der Waals surface area contributed by atoms with Crippen molar-refractivity contribution in [2.75, 3.05) is 7.05 Å². The van der Waals surface area contributed by atoms with E-state index in [0.29, 0.717) is 12.2 Å². The minimum absolute atomic E-state index is 0.0597. The first-order chi connectivity index (χ1) is 8.22. The number of nitrogens with zero attached hydrogens (tertiary/aromatic N) is 4. The summed E-state index contributed by atoms with van der Waals surface area (Å²) >= 11 is 0. The molecule has 1 heterocycles. The largest absolute Gasteiger partial charge is 0.316 e. The quantitative estimate of drug-likeness (QED) is 0.855. The molecular formula is C11H10FN5. The molecule has 6 heteroatoms. The van der Waals surface area contributed by atoms with Crippen LogP contribution in [0.15, 0.2) is 24.5 Å². The standard InChI is InChI=1S/C11H10FN5/c1-14-6-8-2-9(12)4-10(3-8)17-7-15-11(5-13)16-17/h2-4,7,14H,6H2,1H3. The van der Waals surface area contributed by atoms with Crippen LogP contribution < -0.4 is 5.32 Å². The SMILES string of the molecule is CNCc1cc(F)cc(-n2cnc(C#N)n2)c1. The lowest BCUT2D eigenvalue weighted by molar-refractivity contribution is 0.621. The first kappa shape index (κ1) is 11.2. The number of benzene rings is 1. The van der Waals surface area contributed by atoms with Crippen LogP contribution in [0, 0.1) is 17.1 Å². The highest BCUT2D eigenvalue weighted by atomic mass is 19.1. The molecule has 0 aliphatic carbocycles. The molecule has 0 aliphatic heterocycles. The zero-order valence-corrected chi connectivity index (χ0v) is 9.18. The van der Waals surface area contributed by atoms with E-state index < -0.39 is 0 Å². The summed E-state index contributed by atoms with van der Waals surface area (Å²) in [5.41, 5.74) is 1.35. The van der Waals surface area contributed by atoms with E-state index in [-0.39, 0.29) is 11.6 Å². The summed E-state index contributed by atoms with van der Waals surface area (Å²) in [6, 6.07) is 6.40. The van der Waals surface area contributed by atoms with Gasteiger partial charge in [0.15, 0.2) is 0 Å². The molecule has 1 aromatic heterocycles. The van der Waals surface area contributed by atoms with Gasteiger partial charge in [-0.1, -0.05) is 0 Å². The first-order valence-corrected chi connectivity index (χ1v) is 4.99. The van der Waals surface area contributed by atoms with Crippen molar-refractivity contribution < 1.29 is 4.39 Å². The number of hydrogen-bond acceptors (Lipinski definition) is 4. The molecule has 1 aromatic carbocycles. The summed E-state index contributed by atoms with van der Waals surface area (Å²) in [6.45, 7) is 0.560. The predicted molar refractivity (Wildman–Crippen MR) is 58.8 cm³/mol. The van der Waals surface area contributed by atoms with Crippen molar-refractivity contribution in [1.29, 1.82) is 5.26 Å². The fraction of sp³-hybridized carbons (Fsp3) is 0.182. The monoisotopic (exact) mass is 231 g/mol. The minimum Gasteiger partial charge on any atom is -0.316 e. The van der Waals surface area contributed by atoms with Crippen molar-refractivity contribution in [3.63, 3.8) is 0 Å².